The van der Waals surface area contributed by atoms with Crippen molar-refractivity contribution in [2.24, 2.45) is 5.92 Å². The number of carbonyl (C=O) groups is 1. The van der Waals surface area contributed by atoms with Gasteiger partial charge in [0.05, 0.1) is 17.8 Å². The van der Waals surface area contributed by atoms with Crippen LogP contribution in [-0.2, 0) is 6.54 Å². The first-order chi connectivity index (χ1) is 14.6. The van der Waals surface area contributed by atoms with E-state index in [4.69, 9.17) is 9.47 Å². The molecule has 0 radical (unpaired) electrons. The normalized spacial score (nSPS) is 27.7. The van der Waals surface area contributed by atoms with Crippen molar-refractivity contribution in [3.8, 4) is 11.5 Å². The maximum absolute atomic E-state index is 12.4. The molecular formula is C20H25N5O5. The lowest BCUT2D eigenvalue weighted by atomic mass is 10.1. The van der Waals surface area contributed by atoms with E-state index in [1.807, 2.05) is 6.20 Å². The first-order valence-corrected chi connectivity index (χ1v) is 10.3. The van der Waals surface area contributed by atoms with Crippen molar-refractivity contribution in [3.63, 3.8) is 0 Å². The van der Waals surface area contributed by atoms with Crippen LogP contribution in [0.3, 0.4) is 0 Å². The summed E-state index contributed by atoms with van der Waals surface area (Å²) in [4.78, 5) is 12.4. The van der Waals surface area contributed by atoms with Crippen LogP contribution in [0.15, 0.2) is 24.4 Å². The Labute approximate surface area is 173 Å². The molecule has 0 saturated heterocycles. The van der Waals surface area contributed by atoms with Crippen LogP contribution in [0.1, 0.15) is 30.9 Å². The molecule has 1 aromatic carbocycles. The average Bonchev–Trinajstić information content (AvgIpc) is 3.44. The lowest BCUT2D eigenvalue weighted by Gasteiger charge is -2.20. The summed E-state index contributed by atoms with van der Waals surface area (Å²) in [6, 6.07) is 4.13. The molecule has 1 aliphatic heterocycles. The van der Waals surface area contributed by atoms with Crippen LogP contribution in [0.25, 0.3) is 0 Å². The van der Waals surface area contributed by atoms with E-state index >= 15 is 0 Å². The molecule has 4 atom stereocenters. The molecule has 2 heterocycles. The molecule has 2 fully saturated rings. The van der Waals surface area contributed by atoms with Gasteiger partial charge < -0.3 is 30.3 Å². The van der Waals surface area contributed by atoms with Gasteiger partial charge in [0.25, 0.3) is 0 Å². The van der Waals surface area contributed by atoms with Crippen LogP contribution in [0.4, 0.5) is 10.5 Å². The zero-order valence-electron chi connectivity index (χ0n) is 16.4. The number of hydrogen-bond acceptors (Lipinski definition) is 7. The molecule has 4 unspecified atom stereocenters. The number of nitrogens with one attached hydrogen (secondary N) is 2. The number of amides is 2. The van der Waals surface area contributed by atoms with Gasteiger partial charge in [0, 0.05) is 36.3 Å². The molecule has 0 spiro atoms. The number of rotatable bonds is 5. The molecule has 0 bridgehead atoms. The van der Waals surface area contributed by atoms with Gasteiger partial charge in [-0.2, -0.15) is 0 Å². The second-order valence-electron chi connectivity index (χ2n) is 8.18. The van der Waals surface area contributed by atoms with E-state index < -0.39 is 24.3 Å². The molecule has 2 saturated carbocycles. The fourth-order valence-electron chi connectivity index (χ4n) is 4.11. The molecule has 1 aromatic heterocycles. The fourth-order valence-corrected chi connectivity index (χ4v) is 4.11. The van der Waals surface area contributed by atoms with Crippen molar-refractivity contribution >= 4 is 11.7 Å². The Morgan fingerprint density at radius 2 is 1.97 bits per heavy atom. The van der Waals surface area contributed by atoms with Gasteiger partial charge >= 0.3 is 6.03 Å². The van der Waals surface area contributed by atoms with Crippen molar-refractivity contribution in [1.29, 1.82) is 0 Å². The molecule has 2 aromatic rings. The number of fused-ring (bicyclic) bond motifs is 1. The largest absolute Gasteiger partial charge is 0.486 e. The monoisotopic (exact) mass is 415 g/mol. The summed E-state index contributed by atoms with van der Waals surface area (Å²) in [6.07, 6.45) is 2.65. The van der Waals surface area contributed by atoms with Crippen LogP contribution in [0.5, 0.6) is 11.5 Å². The number of ether oxygens (including phenoxy) is 2. The van der Waals surface area contributed by atoms with Gasteiger partial charge in [0.1, 0.15) is 19.3 Å². The SMILES string of the molecule is O=C(Nc1ccc2c(c1)OCCO2)NC1CC(Cn2cc(C3CC3)nn2)C(O)C1O. The van der Waals surface area contributed by atoms with Gasteiger partial charge in [0.15, 0.2) is 11.5 Å². The van der Waals surface area contributed by atoms with Crippen LogP contribution >= 0.6 is 0 Å². The highest BCUT2D eigenvalue weighted by Crippen LogP contribution is 2.39. The molecule has 4 N–H and O–H groups in total. The molecule has 3 aliphatic rings. The first kappa shape index (κ1) is 19.1. The highest BCUT2D eigenvalue weighted by molar-refractivity contribution is 5.90. The van der Waals surface area contributed by atoms with Crippen LogP contribution in [0, 0.1) is 5.92 Å². The third-order valence-corrected chi connectivity index (χ3v) is 5.89. The van der Waals surface area contributed by atoms with Crippen molar-refractivity contribution in [1.82, 2.24) is 20.3 Å². The molecule has 5 rings (SSSR count). The van der Waals surface area contributed by atoms with E-state index in [1.54, 1.807) is 22.9 Å². The Balaban J connectivity index is 1.17. The zero-order chi connectivity index (χ0) is 20.7. The van der Waals surface area contributed by atoms with Crippen molar-refractivity contribution < 1.29 is 24.5 Å². The summed E-state index contributed by atoms with van der Waals surface area (Å²) in [6.45, 7) is 1.41. The van der Waals surface area contributed by atoms with Crippen molar-refractivity contribution in [3.05, 3.63) is 30.1 Å². The maximum Gasteiger partial charge on any atom is 0.319 e. The molecular weight excluding hydrogens is 390 g/mol. The number of anilines is 1. The van der Waals surface area contributed by atoms with E-state index in [2.05, 4.69) is 20.9 Å². The number of urea groups is 1. The Kier molecular flexibility index (Phi) is 4.95. The summed E-state index contributed by atoms with van der Waals surface area (Å²) >= 11 is 0. The number of nitrogens with zero attached hydrogens (tertiary/aromatic N) is 3. The van der Waals surface area contributed by atoms with E-state index in [0.29, 0.717) is 49.3 Å². The van der Waals surface area contributed by atoms with E-state index in [9.17, 15) is 15.0 Å². The highest BCUT2D eigenvalue weighted by Gasteiger charge is 2.42. The second-order valence-corrected chi connectivity index (χ2v) is 8.18. The predicted octanol–water partition coefficient (Wildman–Crippen LogP) is 0.859. The summed E-state index contributed by atoms with van der Waals surface area (Å²) in [7, 11) is 0. The van der Waals surface area contributed by atoms with Crippen LogP contribution in [0.2, 0.25) is 0 Å². The quantitative estimate of drug-likeness (QED) is 0.570. The highest BCUT2D eigenvalue weighted by atomic mass is 16.6. The molecule has 10 heteroatoms. The Hall–Kier alpha value is -2.85. The molecule has 30 heavy (non-hydrogen) atoms. The number of aliphatic hydroxyl groups is 2. The Morgan fingerprint density at radius 1 is 1.17 bits per heavy atom. The summed E-state index contributed by atoms with van der Waals surface area (Å²) in [5.41, 5.74) is 1.54. The first-order valence-electron chi connectivity index (χ1n) is 10.3. The average molecular weight is 415 g/mol. The van der Waals surface area contributed by atoms with Gasteiger partial charge in [-0.25, -0.2) is 4.79 Å². The topological polar surface area (TPSA) is 131 Å². The second kappa shape index (κ2) is 7.77. The number of carbonyl (C=O) groups excluding carboxylic acids is 1. The van der Waals surface area contributed by atoms with Gasteiger partial charge in [-0.3, -0.25) is 4.68 Å². The predicted molar refractivity (Wildman–Crippen MR) is 105 cm³/mol. The van der Waals surface area contributed by atoms with Crippen molar-refractivity contribution in [2.75, 3.05) is 18.5 Å². The fraction of sp³-hybridized carbons (Fsp3) is 0.550. The van der Waals surface area contributed by atoms with Gasteiger partial charge in [0.2, 0.25) is 0 Å². The third kappa shape index (κ3) is 3.92. The lowest BCUT2D eigenvalue weighted by Crippen LogP contribution is -2.44. The Bertz CT molecular complexity index is 930. The number of aliphatic hydroxyl groups excluding tert-OH is 2. The number of aromatic nitrogens is 3. The standard InChI is InChI=1S/C20H25N5O5/c26-18-12(9-25-10-15(23-24-25)11-1-2-11)7-14(19(18)27)22-20(28)21-13-3-4-16-17(8-13)30-6-5-29-16/h3-4,8,10-12,14,18-19,26-27H,1-2,5-7,9H2,(H2,21,22,28). The molecule has 2 aliphatic carbocycles. The number of hydrogen-bond donors (Lipinski definition) is 4. The van der Waals surface area contributed by atoms with Crippen LogP contribution in [-0.4, -0.2) is 62.7 Å². The summed E-state index contributed by atoms with van der Waals surface area (Å²) in [5, 5.41) is 34.7. The minimum absolute atomic E-state index is 0.228. The minimum atomic E-state index is -1.05. The summed E-state index contributed by atoms with van der Waals surface area (Å²) in [5.74, 6) is 1.50. The van der Waals surface area contributed by atoms with Crippen molar-refractivity contribution in [2.45, 2.75) is 50.0 Å². The van der Waals surface area contributed by atoms with Gasteiger partial charge in [-0.05, 0) is 31.4 Å². The maximum atomic E-state index is 12.4. The van der Waals surface area contributed by atoms with Gasteiger partial charge in [-0.1, -0.05) is 5.21 Å². The molecule has 10 nitrogen and oxygen atoms in total. The van der Waals surface area contributed by atoms with E-state index in [0.717, 1.165) is 18.5 Å². The Morgan fingerprint density at radius 3 is 2.77 bits per heavy atom. The van der Waals surface area contributed by atoms with Gasteiger partial charge in [-0.15, -0.1) is 5.10 Å². The summed E-state index contributed by atoms with van der Waals surface area (Å²) < 4.78 is 12.7. The third-order valence-electron chi connectivity index (χ3n) is 5.89. The van der Waals surface area contributed by atoms with Crippen LogP contribution < -0.4 is 20.1 Å². The van der Waals surface area contributed by atoms with E-state index in [1.165, 1.54) is 0 Å². The number of benzene rings is 1. The smallest absolute Gasteiger partial charge is 0.319 e. The lowest BCUT2D eigenvalue weighted by molar-refractivity contribution is 0.00878. The molecule has 2 amide bonds. The van der Waals surface area contributed by atoms with E-state index in [-0.39, 0.29) is 5.92 Å². The zero-order valence-corrected chi connectivity index (χ0v) is 16.4. The molecule has 160 valence electrons. The minimum Gasteiger partial charge on any atom is -0.486 e.